The van der Waals surface area contributed by atoms with Crippen LogP contribution in [0.25, 0.3) is 5.69 Å². The molecule has 0 amide bonds. The predicted molar refractivity (Wildman–Crippen MR) is 118 cm³/mol. The molecule has 1 heterocycles. The summed E-state index contributed by atoms with van der Waals surface area (Å²) in [7, 11) is 1.73. The first-order valence-electron chi connectivity index (χ1n) is 10.7. The number of halogens is 1. The third-order valence-electron chi connectivity index (χ3n) is 5.09. The lowest BCUT2D eigenvalue weighted by Gasteiger charge is -2.11. The fraction of sp³-hybridized carbons (Fsp3) is 0.500. The van der Waals surface area contributed by atoms with E-state index in [-0.39, 0.29) is 11.6 Å². The molecule has 0 saturated heterocycles. The molecular weight excluding hydrogens is 397 g/mol. The van der Waals surface area contributed by atoms with Gasteiger partial charge in [-0.3, -0.25) is 4.99 Å². The van der Waals surface area contributed by atoms with Crippen LogP contribution in [-0.4, -0.2) is 49.1 Å². The van der Waals surface area contributed by atoms with Crippen LogP contribution in [0.4, 0.5) is 10.2 Å². The summed E-state index contributed by atoms with van der Waals surface area (Å²) >= 11 is 0. The molecule has 1 aromatic heterocycles. The number of rotatable bonds is 11. The van der Waals surface area contributed by atoms with Gasteiger partial charge in [-0.15, -0.1) is 0 Å². The number of aliphatic imine (C=N–C) groups is 1. The second-order valence-corrected chi connectivity index (χ2v) is 7.61. The fourth-order valence-corrected chi connectivity index (χ4v) is 3.15. The second-order valence-electron chi connectivity index (χ2n) is 7.61. The predicted octanol–water partition coefficient (Wildman–Crippen LogP) is 2.38. The molecule has 0 unspecified atom stereocenters. The second kappa shape index (κ2) is 11.3. The minimum Gasteiger partial charge on any atom is -0.382 e. The maximum atomic E-state index is 13.2. The van der Waals surface area contributed by atoms with Crippen LogP contribution in [0.3, 0.4) is 0 Å². The van der Waals surface area contributed by atoms with E-state index in [1.54, 1.807) is 19.2 Å². The Hall–Kier alpha value is -3.12. The molecule has 0 bridgehead atoms. The highest BCUT2D eigenvalue weighted by Crippen LogP contribution is 2.28. The van der Waals surface area contributed by atoms with Gasteiger partial charge < -0.3 is 21.1 Å². The Labute approximate surface area is 182 Å². The van der Waals surface area contributed by atoms with Gasteiger partial charge in [0.15, 0.2) is 5.96 Å². The number of ether oxygens (including phenoxy) is 1. The van der Waals surface area contributed by atoms with E-state index in [9.17, 15) is 9.65 Å². The van der Waals surface area contributed by atoms with Crippen LogP contribution in [0.1, 0.15) is 36.9 Å². The van der Waals surface area contributed by atoms with E-state index < -0.39 is 0 Å². The summed E-state index contributed by atoms with van der Waals surface area (Å²) in [5.74, 6) is 1.45. The van der Waals surface area contributed by atoms with Crippen molar-refractivity contribution < 1.29 is 9.13 Å². The molecule has 1 aliphatic rings. The Morgan fingerprint density at radius 3 is 2.65 bits per heavy atom. The quantitative estimate of drug-likeness (QED) is 0.288. The average molecular weight is 428 g/mol. The summed E-state index contributed by atoms with van der Waals surface area (Å²) < 4.78 is 20.3. The van der Waals surface area contributed by atoms with E-state index in [0.29, 0.717) is 29.9 Å². The van der Waals surface area contributed by atoms with Crippen LogP contribution < -0.4 is 16.4 Å². The molecule has 4 N–H and O–H groups in total. The molecule has 1 fully saturated rings. The van der Waals surface area contributed by atoms with Gasteiger partial charge in [0.1, 0.15) is 23.3 Å². The Morgan fingerprint density at radius 1 is 1.29 bits per heavy atom. The van der Waals surface area contributed by atoms with Crippen LogP contribution in [0.2, 0.25) is 0 Å². The molecule has 2 aromatic rings. The molecule has 1 aliphatic carbocycles. The van der Waals surface area contributed by atoms with Gasteiger partial charge in [-0.25, -0.2) is 9.07 Å². The highest BCUT2D eigenvalue weighted by molar-refractivity contribution is 5.79. The van der Waals surface area contributed by atoms with Gasteiger partial charge in [0, 0.05) is 33.4 Å². The highest BCUT2D eigenvalue weighted by Gasteiger charge is 2.20. The van der Waals surface area contributed by atoms with Crippen molar-refractivity contribution in [3.8, 4) is 11.8 Å². The van der Waals surface area contributed by atoms with Crippen molar-refractivity contribution >= 4 is 11.8 Å². The number of nitriles is 1. The zero-order chi connectivity index (χ0) is 22.1. The number of benzene rings is 1. The van der Waals surface area contributed by atoms with Crippen molar-refractivity contribution in [2.45, 2.75) is 32.1 Å². The molecule has 9 heteroatoms. The van der Waals surface area contributed by atoms with Gasteiger partial charge in [-0.1, -0.05) is 0 Å². The first-order valence-corrected chi connectivity index (χ1v) is 10.7. The number of nitrogens with two attached hydrogens (primary N) is 1. The summed E-state index contributed by atoms with van der Waals surface area (Å²) in [6.07, 6.45) is 4.88. The Morgan fingerprint density at radius 2 is 2.00 bits per heavy atom. The zero-order valence-corrected chi connectivity index (χ0v) is 17.9. The number of hydrogen-bond donors (Lipinski definition) is 3. The SMILES string of the molecule is CN=C(NCCCOCC1CC1)NCCCc1nn(-c2ccc(F)cc2)c(N)c1C#N. The van der Waals surface area contributed by atoms with Crippen molar-refractivity contribution in [3.63, 3.8) is 0 Å². The summed E-state index contributed by atoms with van der Waals surface area (Å²) in [5, 5.41) is 20.5. The van der Waals surface area contributed by atoms with E-state index in [2.05, 4.69) is 26.8 Å². The largest absolute Gasteiger partial charge is 0.382 e. The number of nitrogen functional groups attached to an aromatic ring is 1. The van der Waals surface area contributed by atoms with E-state index in [0.717, 1.165) is 44.5 Å². The molecular formula is C22H30FN7O. The fourth-order valence-electron chi connectivity index (χ4n) is 3.15. The van der Waals surface area contributed by atoms with Crippen molar-refractivity contribution in [3.05, 3.63) is 41.3 Å². The lowest BCUT2D eigenvalue weighted by molar-refractivity contribution is 0.123. The number of nitrogens with one attached hydrogen (secondary N) is 2. The normalized spacial score (nSPS) is 13.8. The molecule has 0 atom stereocenters. The van der Waals surface area contributed by atoms with Gasteiger partial charge >= 0.3 is 0 Å². The molecule has 1 aromatic carbocycles. The summed E-state index contributed by atoms with van der Waals surface area (Å²) in [6, 6.07) is 7.97. The molecule has 0 radical (unpaired) electrons. The van der Waals surface area contributed by atoms with Crippen LogP contribution in [0.5, 0.6) is 0 Å². The summed E-state index contributed by atoms with van der Waals surface area (Å²) in [5.41, 5.74) is 7.70. The van der Waals surface area contributed by atoms with Crippen LogP contribution in [0.15, 0.2) is 29.3 Å². The van der Waals surface area contributed by atoms with Gasteiger partial charge in [-0.05, 0) is 62.3 Å². The van der Waals surface area contributed by atoms with Crippen molar-refractivity contribution in [2.24, 2.45) is 10.9 Å². The third kappa shape index (κ3) is 6.69. The van der Waals surface area contributed by atoms with Gasteiger partial charge in [0.25, 0.3) is 0 Å². The minimum absolute atomic E-state index is 0.262. The van der Waals surface area contributed by atoms with Crippen LogP contribution >= 0.6 is 0 Å². The van der Waals surface area contributed by atoms with Gasteiger partial charge in [-0.2, -0.15) is 10.4 Å². The number of aryl methyl sites for hydroxylation is 1. The number of hydrogen-bond acceptors (Lipinski definition) is 5. The minimum atomic E-state index is -0.339. The smallest absolute Gasteiger partial charge is 0.190 e. The average Bonchev–Trinajstić information content (AvgIpc) is 3.55. The summed E-state index contributed by atoms with van der Waals surface area (Å²) in [6.45, 7) is 3.11. The van der Waals surface area contributed by atoms with E-state index in [1.165, 1.54) is 29.7 Å². The third-order valence-corrected chi connectivity index (χ3v) is 5.09. The monoisotopic (exact) mass is 427 g/mol. The molecule has 1 saturated carbocycles. The van der Waals surface area contributed by atoms with E-state index in [4.69, 9.17) is 10.5 Å². The molecule has 31 heavy (non-hydrogen) atoms. The Bertz CT molecular complexity index is 913. The maximum absolute atomic E-state index is 13.2. The highest BCUT2D eigenvalue weighted by atomic mass is 19.1. The van der Waals surface area contributed by atoms with Crippen LogP contribution in [0, 0.1) is 23.1 Å². The molecule has 166 valence electrons. The zero-order valence-electron chi connectivity index (χ0n) is 17.9. The molecule has 0 spiro atoms. The Kier molecular flexibility index (Phi) is 8.24. The van der Waals surface area contributed by atoms with Gasteiger partial charge in [0.2, 0.25) is 0 Å². The lowest BCUT2D eigenvalue weighted by Crippen LogP contribution is -2.38. The summed E-state index contributed by atoms with van der Waals surface area (Å²) in [4.78, 5) is 4.22. The first kappa shape index (κ1) is 22.6. The number of guanidine groups is 1. The van der Waals surface area contributed by atoms with Crippen molar-refractivity contribution in [1.29, 1.82) is 5.26 Å². The van der Waals surface area contributed by atoms with Gasteiger partial charge in [0.05, 0.1) is 11.4 Å². The van der Waals surface area contributed by atoms with E-state index in [1.807, 2.05) is 0 Å². The molecule has 3 rings (SSSR count). The topological polar surface area (TPSA) is 113 Å². The standard InChI is InChI=1S/C22H30FN7O/c1-26-22(28-12-3-13-31-15-16-5-6-16)27-11-2-4-20-19(14-24)21(25)30(29-20)18-9-7-17(23)8-10-18/h7-10,16H,2-6,11-13,15,25H2,1H3,(H2,26,27,28). The number of anilines is 1. The van der Waals surface area contributed by atoms with Crippen LogP contribution in [-0.2, 0) is 11.2 Å². The maximum Gasteiger partial charge on any atom is 0.190 e. The number of aromatic nitrogens is 2. The van der Waals surface area contributed by atoms with Crippen molar-refractivity contribution in [2.75, 3.05) is 39.1 Å². The van der Waals surface area contributed by atoms with E-state index >= 15 is 0 Å². The Balaban J connectivity index is 1.42. The molecule has 0 aliphatic heterocycles. The number of nitrogens with zero attached hydrogens (tertiary/aromatic N) is 4. The lowest BCUT2D eigenvalue weighted by atomic mass is 10.1. The van der Waals surface area contributed by atoms with Crippen molar-refractivity contribution in [1.82, 2.24) is 20.4 Å². The molecule has 8 nitrogen and oxygen atoms in total. The first-order chi connectivity index (χ1) is 15.1.